The molecule has 2 N–H and O–H groups in total. The van der Waals surface area contributed by atoms with E-state index in [1.54, 1.807) is 54.6 Å². The number of nitrogens with one attached hydrogen (secondary N) is 2. The molecule has 0 aliphatic heterocycles. The molecule has 0 aliphatic rings. The van der Waals surface area contributed by atoms with Crippen molar-refractivity contribution in [3.63, 3.8) is 0 Å². The number of alkyl halides is 3. The Bertz CT molecular complexity index is 1060. The summed E-state index contributed by atoms with van der Waals surface area (Å²) in [7, 11) is 2.75. The lowest BCUT2D eigenvalue weighted by atomic mass is 10.2. The van der Waals surface area contributed by atoms with E-state index in [9.17, 15) is 18.0 Å². The van der Waals surface area contributed by atoms with Gasteiger partial charge >= 0.3 is 12.2 Å². The van der Waals surface area contributed by atoms with Gasteiger partial charge in [-0.05, 0) is 18.2 Å². The zero-order chi connectivity index (χ0) is 23.1. The first-order valence-corrected chi connectivity index (χ1v) is 9.37. The maximum absolute atomic E-state index is 13.4. The number of carbonyl (C=O) groups excluding carboxylic acids is 1. The van der Waals surface area contributed by atoms with Crippen molar-refractivity contribution in [1.82, 2.24) is 15.3 Å². The number of anilines is 3. The standard InChI is InChI=1S/C21H20F3N5O3/c1-25-20(30)29(31-2)16-11-7-6-8-14(16)13-32-18-12-17(21(22,23)24)27-19(28-18)26-15-9-4-3-5-10-15/h3-12H,13H2,1-2H3,(H,25,30)(H,26,27,28). The van der Waals surface area contributed by atoms with Crippen LogP contribution in [0, 0.1) is 0 Å². The van der Waals surface area contributed by atoms with E-state index in [-0.39, 0.29) is 18.4 Å². The van der Waals surface area contributed by atoms with Crippen LogP contribution < -0.4 is 20.4 Å². The summed E-state index contributed by atoms with van der Waals surface area (Å²) in [6, 6.07) is 15.4. The van der Waals surface area contributed by atoms with Crippen molar-refractivity contribution in [1.29, 1.82) is 0 Å². The minimum absolute atomic E-state index is 0.174. The molecule has 2 amide bonds. The van der Waals surface area contributed by atoms with Crippen LogP contribution in [0.4, 0.5) is 35.3 Å². The number of nitrogens with zero attached hydrogens (tertiary/aromatic N) is 3. The minimum Gasteiger partial charge on any atom is -0.473 e. The average molecular weight is 447 g/mol. The number of rotatable bonds is 7. The van der Waals surface area contributed by atoms with Crippen molar-refractivity contribution >= 4 is 23.4 Å². The summed E-state index contributed by atoms with van der Waals surface area (Å²) in [6.45, 7) is -0.174. The second-order valence-electron chi connectivity index (χ2n) is 6.35. The highest BCUT2D eigenvalue weighted by atomic mass is 19.4. The fourth-order valence-electron chi connectivity index (χ4n) is 2.73. The van der Waals surface area contributed by atoms with Gasteiger partial charge in [0.1, 0.15) is 6.61 Å². The summed E-state index contributed by atoms with van der Waals surface area (Å²) in [5.41, 5.74) is 0.215. The van der Waals surface area contributed by atoms with Crippen molar-refractivity contribution in [2.75, 3.05) is 24.5 Å². The Hall–Kier alpha value is -3.86. The van der Waals surface area contributed by atoms with Crippen LogP contribution in [-0.2, 0) is 17.6 Å². The van der Waals surface area contributed by atoms with E-state index in [1.807, 2.05) is 0 Å². The molecule has 1 heterocycles. The fraction of sp³-hybridized carbons (Fsp3) is 0.190. The van der Waals surface area contributed by atoms with E-state index < -0.39 is 17.9 Å². The molecule has 0 spiro atoms. The molecule has 11 heteroatoms. The third kappa shape index (κ3) is 5.64. The Balaban J connectivity index is 1.88. The predicted molar refractivity (Wildman–Crippen MR) is 111 cm³/mol. The minimum atomic E-state index is -4.70. The lowest BCUT2D eigenvalue weighted by Crippen LogP contribution is -2.37. The highest BCUT2D eigenvalue weighted by molar-refractivity contribution is 5.90. The predicted octanol–water partition coefficient (Wildman–Crippen LogP) is 4.53. The Morgan fingerprint density at radius 1 is 1.06 bits per heavy atom. The first kappa shape index (κ1) is 22.8. The SMILES string of the molecule is CNC(=O)N(OC)c1ccccc1COc1cc(C(F)(F)F)nc(Nc2ccccc2)n1. The summed E-state index contributed by atoms with van der Waals surface area (Å²) in [6.07, 6.45) is -4.70. The molecule has 0 unspecified atom stereocenters. The van der Waals surface area contributed by atoms with Crippen LogP contribution in [0.5, 0.6) is 5.88 Å². The molecule has 0 bridgehead atoms. The summed E-state index contributed by atoms with van der Waals surface area (Å²) in [5.74, 6) is -0.553. The molecule has 0 saturated heterocycles. The third-order valence-electron chi connectivity index (χ3n) is 4.19. The second-order valence-corrected chi connectivity index (χ2v) is 6.35. The number of hydrogen-bond donors (Lipinski definition) is 2. The van der Waals surface area contributed by atoms with Crippen LogP contribution in [0.1, 0.15) is 11.3 Å². The summed E-state index contributed by atoms with van der Waals surface area (Å²) < 4.78 is 45.6. The number of carbonyl (C=O) groups is 1. The van der Waals surface area contributed by atoms with Crippen LogP contribution in [0.2, 0.25) is 0 Å². The zero-order valence-electron chi connectivity index (χ0n) is 17.2. The Morgan fingerprint density at radius 2 is 1.75 bits per heavy atom. The van der Waals surface area contributed by atoms with Gasteiger partial charge in [0.05, 0.1) is 12.8 Å². The number of para-hydroxylation sites is 2. The van der Waals surface area contributed by atoms with E-state index in [2.05, 4.69) is 20.6 Å². The number of hydroxylamine groups is 1. The van der Waals surface area contributed by atoms with E-state index in [0.29, 0.717) is 23.0 Å². The van der Waals surface area contributed by atoms with Gasteiger partial charge in [0.15, 0.2) is 5.69 Å². The fourth-order valence-corrected chi connectivity index (χ4v) is 2.73. The molecule has 0 radical (unpaired) electrons. The molecule has 168 valence electrons. The lowest BCUT2D eigenvalue weighted by Gasteiger charge is -2.22. The molecule has 8 nitrogen and oxygen atoms in total. The first-order valence-electron chi connectivity index (χ1n) is 9.37. The highest BCUT2D eigenvalue weighted by Gasteiger charge is 2.34. The maximum Gasteiger partial charge on any atom is 0.433 e. The topological polar surface area (TPSA) is 88.6 Å². The normalized spacial score (nSPS) is 11.0. The molecule has 0 saturated carbocycles. The first-order chi connectivity index (χ1) is 15.3. The van der Waals surface area contributed by atoms with E-state index in [0.717, 1.165) is 5.06 Å². The zero-order valence-corrected chi connectivity index (χ0v) is 17.2. The van der Waals surface area contributed by atoms with Gasteiger partial charge in [-0.2, -0.15) is 23.2 Å². The molecule has 0 fully saturated rings. The molecule has 0 aliphatic carbocycles. The molecular weight excluding hydrogens is 427 g/mol. The second kappa shape index (κ2) is 9.96. The van der Waals surface area contributed by atoms with Gasteiger partial charge in [-0.15, -0.1) is 0 Å². The monoisotopic (exact) mass is 447 g/mol. The largest absolute Gasteiger partial charge is 0.473 e. The molecule has 0 atom stereocenters. The van der Waals surface area contributed by atoms with Gasteiger partial charge in [-0.1, -0.05) is 36.4 Å². The quantitative estimate of drug-likeness (QED) is 0.518. The summed E-state index contributed by atoms with van der Waals surface area (Å²) in [5, 5.41) is 6.17. The number of amides is 2. The Morgan fingerprint density at radius 3 is 2.41 bits per heavy atom. The van der Waals surface area contributed by atoms with Crippen molar-refractivity contribution in [2.45, 2.75) is 12.8 Å². The molecule has 3 rings (SSSR count). The van der Waals surface area contributed by atoms with E-state index >= 15 is 0 Å². The van der Waals surface area contributed by atoms with Crippen LogP contribution in [-0.4, -0.2) is 30.2 Å². The molecular formula is C21H20F3N5O3. The van der Waals surface area contributed by atoms with Crippen LogP contribution in [0.3, 0.4) is 0 Å². The number of hydrogen-bond acceptors (Lipinski definition) is 6. The van der Waals surface area contributed by atoms with Gasteiger partial charge in [0.25, 0.3) is 0 Å². The summed E-state index contributed by atoms with van der Waals surface area (Å²) >= 11 is 0. The van der Waals surface area contributed by atoms with Crippen molar-refractivity contribution in [3.05, 3.63) is 71.9 Å². The third-order valence-corrected chi connectivity index (χ3v) is 4.19. The van der Waals surface area contributed by atoms with Crippen molar-refractivity contribution in [3.8, 4) is 5.88 Å². The number of benzene rings is 2. The number of ether oxygens (including phenoxy) is 1. The molecule has 2 aromatic carbocycles. The van der Waals surface area contributed by atoms with Crippen molar-refractivity contribution in [2.24, 2.45) is 0 Å². The van der Waals surface area contributed by atoms with Gasteiger partial charge in [0, 0.05) is 24.4 Å². The van der Waals surface area contributed by atoms with Gasteiger partial charge in [0.2, 0.25) is 11.8 Å². The highest BCUT2D eigenvalue weighted by Crippen LogP contribution is 2.31. The number of urea groups is 1. The maximum atomic E-state index is 13.4. The summed E-state index contributed by atoms with van der Waals surface area (Å²) in [4.78, 5) is 24.7. The van der Waals surface area contributed by atoms with E-state index in [1.165, 1.54) is 14.2 Å². The van der Waals surface area contributed by atoms with Gasteiger partial charge in [-0.25, -0.2) is 9.78 Å². The molecule has 32 heavy (non-hydrogen) atoms. The Kier molecular flexibility index (Phi) is 7.11. The lowest BCUT2D eigenvalue weighted by molar-refractivity contribution is -0.141. The van der Waals surface area contributed by atoms with Crippen LogP contribution in [0.25, 0.3) is 0 Å². The van der Waals surface area contributed by atoms with Crippen molar-refractivity contribution < 1.29 is 27.5 Å². The number of halogens is 3. The van der Waals surface area contributed by atoms with Gasteiger partial charge < -0.3 is 15.4 Å². The Labute approximate surface area is 182 Å². The molecule has 3 aromatic rings. The number of aromatic nitrogens is 2. The van der Waals surface area contributed by atoms with Crippen LogP contribution in [0.15, 0.2) is 60.7 Å². The van der Waals surface area contributed by atoms with Gasteiger partial charge in [-0.3, -0.25) is 4.84 Å². The van der Waals surface area contributed by atoms with Crippen LogP contribution >= 0.6 is 0 Å². The molecule has 1 aromatic heterocycles. The average Bonchev–Trinajstić information content (AvgIpc) is 2.78. The smallest absolute Gasteiger partial charge is 0.433 e. The van der Waals surface area contributed by atoms with E-state index in [4.69, 9.17) is 9.57 Å².